The average molecular weight is 381 g/mol. The highest BCUT2D eigenvalue weighted by Gasteiger charge is 2.09. The minimum Gasteiger partial charge on any atom is -0.508 e. The van der Waals surface area contributed by atoms with E-state index in [-0.39, 0.29) is 29.8 Å². The molecule has 0 radical (unpaired) electrons. The largest absolute Gasteiger partial charge is 0.508 e. The topological polar surface area (TPSA) is 72.8 Å². The van der Waals surface area contributed by atoms with Gasteiger partial charge in [0.05, 0.1) is 6.54 Å². The Morgan fingerprint density at radius 3 is 1.81 bits per heavy atom. The first-order valence-electron chi connectivity index (χ1n) is 8.43. The molecule has 0 aliphatic heterocycles. The molecule has 0 spiro atoms. The maximum absolute atomic E-state index is 11.9. The zero-order valence-corrected chi connectivity index (χ0v) is 16.6. The molecule has 1 amide bonds. The van der Waals surface area contributed by atoms with Crippen molar-refractivity contribution in [3.8, 4) is 11.5 Å². The number of benzene rings is 2. The third kappa shape index (κ3) is 8.23. The summed E-state index contributed by atoms with van der Waals surface area (Å²) < 4.78 is 0. The average Bonchev–Trinajstić information content (AvgIpc) is 2.56. The number of hydrogen-bond donors (Lipinski definition) is 3. The van der Waals surface area contributed by atoms with Crippen LogP contribution in [0.25, 0.3) is 0 Å². The summed E-state index contributed by atoms with van der Waals surface area (Å²) in [4.78, 5) is 14.0. The fourth-order valence-corrected chi connectivity index (χ4v) is 2.33. The van der Waals surface area contributed by atoms with E-state index in [1.165, 1.54) is 18.2 Å². The predicted molar refractivity (Wildman–Crippen MR) is 109 cm³/mol. The van der Waals surface area contributed by atoms with Crippen LogP contribution in [0.15, 0.2) is 42.5 Å². The monoisotopic (exact) mass is 380 g/mol. The Balaban J connectivity index is 0.000000583. The zero-order valence-electron chi connectivity index (χ0n) is 15.8. The highest BCUT2D eigenvalue weighted by atomic mass is 35.5. The van der Waals surface area contributed by atoms with Crippen molar-refractivity contribution in [2.45, 2.75) is 27.7 Å². The Hall–Kier alpha value is -2.24. The van der Waals surface area contributed by atoms with Gasteiger partial charge in [-0.15, -0.1) is 12.4 Å². The molecule has 0 aromatic heterocycles. The molecule has 144 valence electrons. The summed E-state index contributed by atoms with van der Waals surface area (Å²) in [5, 5.41) is 20.3. The van der Waals surface area contributed by atoms with Crippen molar-refractivity contribution in [2.75, 3.05) is 25.0 Å². The lowest BCUT2D eigenvalue weighted by Crippen LogP contribution is -2.33. The second-order valence-electron chi connectivity index (χ2n) is 5.80. The molecular weight excluding hydrogens is 352 g/mol. The van der Waals surface area contributed by atoms with Gasteiger partial charge in [-0.3, -0.25) is 9.69 Å². The Morgan fingerprint density at radius 2 is 1.42 bits per heavy atom. The number of nitrogens with zero attached hydrogens (tertiary/aromatic N) is 1. The van der Waals surface area contributed by atoms with Crippen molar-refractivity contribution in [1.82, 2.24) is 4.90 Å². The molecule has 0 aliphatic carbocycles. The second-order valence-corrected chi connectivity index (χ2v) is 5.80. The lowest BCUT2D eigenvalue weighted by atomic mass is 10.1. The lowest BCUT2D eigenvalue weighted by Gasteiger charge is -2.18. The number of aryl methyl sites for hydroxylation is 2. The molecule has 0 saturated carbocycles. The Bertz CT molecular complexity index is 651. The summed E-state index contributed by atoms with van der Waals surface area (Å²) in [6.07, 6.45) is 0. The molecule has 2 aromatic carbocycles. The van der Waals surface area contributed by atoms with Gasteiger partial charge in [-0.25, -0.2) is 0 Å². The molecule has 0 bridgehead atoms. The van der Waals surface area contributed by atoms with Crippen molar-refractivity contribution in [3.05, 3.63) is 53.6 Å². The molecule has 0 unspecified atom stereocenters. The van der Waals surface area contributed by atoms with Gasteiger partial charge < -0.3 is 15.5 Å². The molecule has 0 aliphatic rings. The van der Waals surface area contributed by atoms with Crippen LogP contribution in [0.3, 0.4) is 0 Å². The van der Waals surface area contributed by atoms with E-state index in [1.807, 2.05) is 32.0 Å². The van der Waals surface area contributed by atoms with E-state index in [9.17, 15) is 4.79 Å². The van der Waals surface area contributed by atoms with Crippen LogP contribution in [-0.4, -0.2) is 40.7 Å². The number of nitrogens with one attached hydrogen (secondary N) is 1. The normalized spacial score (nSPS) is 9.73. The van der Waals surface area contributed by atoms with E-state index in [0.29, 0.717) is 6.54 Å². The second kappa shape index (κ2) is 12.2. The number of anilines is 1. The lowest BCUT2D eigenvalue weighted by molar-refractivity contribution is -0.117. The van der Waals surface area contributed by atoms with E-state index in [2.05, 4.69) is 24.1 Å². The molecule has 2 aromatic rings. The summed E-state index contributed by atoms with van der Waals surface area (Å²) in [6.45, 7) is 10.4. The van der Waals surface area contributed by atoms with E-state index >= 15 is 0 Å². The molecule has 2 rings (SSSR count). The minimum atomic E-state index is 0. The van der Waals surface area contributed by atoms with E-state index in [0.717, 1.165) is 29.9 Å². The van der Waals surface area contributed by atoms with Crippen molar-refractivity contribution in [3.63, 3.8) is 0 Å². The Kier molecular flexibility index (Phi) is 11.1. The van der Waals surface area contributed by atoms with Crippen molar-refractivity contribution < 1.29 is 15.0 Å². The summed E-state index contributed by atoms with van der Waals surface area (Å²) in [6, 6.07) is 11.9. The van der Waals surface area contributed by atoms with E-state index in [4.69, 9.17) is 10.2 Å². The number of hydrogen-bond acceptors (Lipinski definition) is 4. The molecule has 0 heterocycles. The van der Waals surface area contributed by atoms with Crippen molar-refractivity contribution in [2.24, 2.45) is 0 Å². The molecule has 3 N–H and O–H groups in total. The first-order valence-corrected chi connectivity index (χ1v) is 8.43. The molecule has 26 heavy (non-hydrogen) atoms. The quantitative estimate of drug-likeness (QED) is 0.730. The number of likely N-dealkylation sites (N-methyl/N-ethyl adjacent to an activating group) is 1. The van der Waals surface area contributed by atoms with Crippen LogP contribution in [0.2, 0.25) is 0 Å². The molecule has 5 nitrogen and oxygen atoms in total. The number of halogens is 1. The van der Waals surface area contributed by atoms with Crippen LogP contribution < -0.4 is 5.32 Å². The Morgan fingerprint density at radius 1 is 0.962 bits per heavy atom. The number of carbonyl (C=O) groups is 1. The minimum absolute atomic E-state index is 0. The standard InChI is InChI=1S/C14H22N2O.C6H6O2.ClH/c1-5-16(6-2)10-13(17)15-14-11(3)8-7-9-12(14)4;7-5-2-1-3-6(8)4-5;/h7-9H,5-6,10H2,1-4H3,(H,15,17);1-4,7-8H;1H. The van der Waals surface area contributed by atoms with Crippen molar-refractivity contribution >= 4 is 24.0 Å². The van der Waals surface area contributed by atoms with E-state index in [1.54, 1.807) is 6.07 Å². The Labute approximate surface area is 162 Å². The third-order valence-corrected chi connectivity index (χ3v) is 3.84. The maximum atomic E-state index is 11.9. The molecular formula is C20H29ClN2O3. The number of phenols is 2. The number of para-hydroxylation sites is 1. The van der Waals surface area contributed by atoms with Crippen LogP contribution in [0.4, 0.5) is 5.69 Å². The van der Waals surface area contributed by atoms with Gasteiger partial charge in [0.15, 0.2) is 0 Å². The number of phenolic OH excluding ortho intramolecular Hbond substituents is 2. The van der Waals surface area contributed by atoms with Gasteiger partial charge in [-0.05, 0) is 50.2 Å². The molecule has 0 saturated heterocycles. The summed E-state index contributed by atoms with van der Waals surface area (Å²) >= 11 is 0. The summed E-state index contributed by atoms with van der Waals surface area (Å²) in [5.74, 6) is 0.237. The third-order valence-electron chi connectivity index (χ3n) is 3.84. The highest BCUT2D eigenvalue weighted by Crippen LogP contribution is 2.19. The smallest absolute Gasteiger partial charge is 0.238 e. The zero-order chi connectivity index (χ0) is 18.8. The van der Waals surface area contributed by atoms with Gasteiger partial charge in [0.2, 0.25) is 5.91 Å². The number of carbonyl (C=O) groups excluding carboxylic acids is 1. The predicted octanol–water partition coefficient (Wildman–Crippen LogP) is 4.10. The van der Waals surface area contributed by atoms with Gasteiger partial charge in [0.1, 0.15) is 11.5 Å². The SMILES string of the molecule is CCN(CC)CC(=O)Nc1c(C)cccc1C.Cl.Oc1cccc(O)c1. The number of aromatic hydroxyl groups is 2. The fraction of sp³-hybridized carbons (Fsp3) is 0.350. The maximum Gasteiger partial charge on any atom is 0.238 e. The summed E-state index contributed by atoms with van der Waals surface area (Å²) in [7, 11) is 0. The molecule has 6 heteroatoms. The molecule has 0 atom stereocenters. The van der Waals surface area contributed by atoms with Crippen LogP contribution in [0, 0.1) is 13.8 Å². The summed E-state index contributed by atoms with van der Waals surface area (Å²) in [5.41, 5.74) is 3.17. The molecule has 0 fully saturated rings. The number of amides is 1. The van der Waals surface area contributed by atoms with Gasteiger partial charge in [0, 0.05) is 11.8 Å². The van der Waals surface area contributed by atoms with Crippen LogP contribution in [0.5, 0.6) is 11.5 Å². The van der Waals surface area contributed by atoms with Gasteiger partial charge in [-0.1, -0.05) is 38.1 Å². The van der Waals surface area contributed by atoms with E-state index < -0.39 is 0 Å². The van der Waals surface area contributed by atoms with Gasteiger partial charge in [-0.2, -0.15) is 0 Å². The van der Waals surface area contributed by atoms with Crippen LogP contribution in [-0.2, 0) is 4.79 Å². The van der Waals surface area contributed by atoms with Crippen LogP contribution in [0.1, 0.15) is 25.0 Å². The van der Waals surface area contributed by atoms with Crippen molar-refractivity contribution in [1.29, 1.82) is 0 Å². The van der Waals surface area contributed by atoms with Gasteiger partial charge in [0.25, 0.3) is 0 Å². The first kappa shape index (κ1) is 23.8. The van der Waals surface area contributed by atoms with Crippen LogP contribution >= 0.6 is 12.4 Å². The van der Waals surface area contributed by atoms with Gasteiger partial charge >= 0.3 is 0 Å². The highest BCUT2D eigenvalue weighted by molar-refractivity contribution is 5.93. The first-order chi connectivity index (χ1) is 11.9. The fourth-order valence-electron chi connectivity index (χ4n) is 2.33. The number of rotatable bonds is 5.